The van der Waals surface area contributed by atoms with E-state index in [1.165, 1.54) is 24.6 Å². The average Bonchev–Trinajstić information content (AvgIpc) is 2.41. The average molecular weight is 344 g/mol. The minimum absolute atomic E-state index is 0. The Balaban J connectivity index is 0.00000180. The van der Waals surface area contributed by atoms with Gasteiger partial charge in [0.1, 0.15) is 0 Å². The highest BCUT2D eigenvalue weighted by Gasteiger charge is 2.16. The monoisotopic (exact) mass is 343 g/mol. The molecule has 20 heavy (non-hydrogen) atoms. The summed E-state index contributed by atoms with van der Waals surface area (Å²) in [4.78, 5) is 14.2. The van der Waals surface area contributed by atoms with Crippen LogP contribution in [0.5, 0.6) is 0 Å². The number of rotatable bonds is 5. The van der Waals surface area contributed by atoms with Crippen LogP contribution in [-0.2, 0) is 4.79 Å². The van der Waals surface area contributed by atoms with Crippen molar-refractivity contribution in [1.82, 2.24) is 15.5 Å². The van der Waals surface area contributed by atoms with Crippen LogP contribution in [0.25, 0.3) is 0 Å². The second-order valence-electron chi connectivity index (χ2n) is 5.20. The van der Waals surface area contributed by atoms with E-state index in [4.69, 9.17) is 0 Å². The number of amides is 1. The summed E-state index contributed by atoms with van der Waals surface area (Å²) in [6, 6.07) is 0. The third-order valence-electron chi connectivity index (χ3n) is 3.79. The van der Waals surface area contributed by atoms with Crippen molar-refractivity contribution >= 4 is 42.5 Å². The third kappa shape index (κ3) is 7.93. The molecule has 2 heterocycles. The molecule has 0 aliphatic carbocycles. The first kappa shape index (κ1) is 20.3. The van der Waals surface area contributed by atoms with E-state index in [1.807, 2.05) is 11.8 Å². The van der Waals surface area contributed by atoms with Gasteiger partial charge in [-0.1, -0.05) is 0 Å². The van der Waals surface area contributed by atoms with Crippen molar-refractivity contribution in [2.75, 3.05) is 50.8 Å². The topological polar surface area (TPSA) is 44.4 Å². The fraction of sp³-hybridized carbons (Fsp3) is 0.923. The van der Waals surface area contributed by atoms with Gasteiger partial charge in [-0.15, -0.1) is 24.8 Å². The summed E-state index contributed by atoms with van der Waals surface area (Å²) in [5.41, 5.74) is 0. The van der Waals surface area contributed by atoms with E-state index in [0.29, 0.717) is 5.92 Å². The second-order valence-corrected chi connectivity index (χ2v) is 6.43. The largest absolute Gasteiger partial charge is 0.355 e. The molecule has 4 nitrogen and oxygen atoms in total. The molecule has 1 amide bonds. The molecule has 0 unspecified atom stereocenters. The van der Waals surface area contributed by atoms with Gasteiger partial charge in [-0.25, -0.2) is 0 Å². The highest BCUT2D eigenvalue weighted by molar-refractivity contribution is 7.99. The van der Waals surface area contributed by atoms with E-state index in [9.17, 15) is 4.79 Å². The van der Waals surface area contributed by atoms with Gasteiger partial charge < -0.3 is 10.6 Å². The molecule has 120 valence electrons. The zero-order valence-electron chi connectivity index (χ0n) is 11.9. The van der Waals surface area contributed by atoms with E-state index in [0.717, 1.165) is 45.4 Å². The van der Waals surface area contributed by atoms with Crippen LogP contribution in [0.2, 0.25) is 0 Å². The Morgan fingerprint density at radius 2 is 1.85 bits per heavy atom. The maximum atomic E-state index is 11.8. The minimum Gasteiger partial charge on any atom is -0.355 e. The number of thioether (sulfide) groups is 1. The van der Waals surface area contributed by atoms with E-state index in [1.54, 1.807) is 0 Å². The molecule has 0 saturated carbocycles. The van der Waals surface area contributed by atoms with Crippen molar-refractivity contribution in [2.24, 2.45) is 5.92 Å². The van der Waals surface area contributed by atoms with Gasteiger partial charge in [-0.2, -0.15) is 11.8 Å². The van der Waals surface area contributed by atoms with Crippen LogP contribution in [0.15, 0.2) is 0 Å². The zero-order chi connectivity index (χ0) is 12.6. The van der Waals surface area contributed by atoms with Gasteiger partial charge in [0.05, 0.1) is 0 Å². The Hall–Kier alpha value is 0.320. The lowest BCUT2D eigenvalue weighted by Gasteiger charge is -2.26. The normalized spacial score (nSPS) is 20.6. The van der Waals surface area contributed by atoms with Crippen LogP contribution in [0.4, 0.5) is 0 Å². The van der Waals surface area contributed by atoms with Crippen LogP contribution in [0, 0.1) is 5.92 Å². The van der Waals surface area contributed by atoms with E-state index in [2.05, 4.69) is 15.5 Å². The van der Waals surface area contributed by atoms with Gasteiger partial charge in [0.2, 0.25) is 5.91 Å². The number of carbonyl (C=O) groups excluding carboxylic acids is 1. The Bertz CT molecular complexity index is 260. The van der Waals surface area contributed by atoms with E-state index in [-0.39, 0.29) is 30.7 Å². The lowest BCUT2D eigenvalue weighted by molar-refractivity contribution is -0.122. The Kier molecular flexibility index (Phi) is 12.1. The Labute approximate surface area is 139 Å². The van der Waals surface area contributed by atoms with Crippen molar-refractivity contribution in [3.63, 3.8) is 0 Å². The Morgan fingerprint density at radius 3 is 2.50 bits per heavy atom. The van der Waals surface area contributed by atoms with Crippen molar-refractivity contribution < 1.29 is 4.79 Å². The number of nitrogens with one attached hydrogen (secondary N) is 2. The highest BCUT2D eigenvalue weighted by Crippen LogP contribution is 2.15. The Morgan fingerprint density at radius 1 is 1.20 bits per heavy atom. The molecule has 0 aromatic rings. The van der Waals surface area contributed by atoms with Gasteiger partial charge in [0.15, 0.2) is 0 Å². The molecule has 0 atom stereocenters. The maximum Gasteiger partial charge on any atom is 0.220 e. The predicted octanol–water partition coefficient (Wildman–Crippen LogP) is 1.38. The van der Waals surface area contributed by atoms with Crippen molar-refractivity contribution in [1.29, 1.82) is 0 Å². The first-order valence-electron chi connectivity index (χ1n) is 7.12. The summed E-state index contributed by atoms with van der Waals surface area (Å²) in [6.45, 7) is 6.32. The maximum absolute atomic E-state index is 11.8. The summed E-state index contributed by atoms with van der Waals surface area (Å²) in [6.07, 6.45) is 3.02. The van der Waals surface area contributed by atoms with Crippen LogP contribution in [0.1, 0.15) is 19.3 Å². The number of hydrogen-bond donors (Lipinski definition) is 2. The number of piperidine rings is 1. The molecule has 2 rings (SSSR count). The van der Waals surface area contributed by atoms with Crippen LogP contribution < -0.4 is 10.6 Å². The molecule has 7 heteroatoms. The van der Waals surface area contributed by atoms with Gasteiger partial charge >= 0.3 is 0 Å². The highest BCUT2D eigenvalue weighted by atomic mass is 35.5. The molecular weight excluding hydrogens is 317 g/mol. The first-order chi connectivity index (χ1) is 8.84. The smallest absolute Gasteiger partial charge is 0.220 e. The number of halogens is 2. The van der Waals surface area contributed by atoms with Crippen LogP contribution in [-0.4, -0.2) is 61.6 Å². The molecule has 0 spiro atoms. The molecule has 0 aromatic carbocycles. The van der Waals surface area contributed by atoms with Crippen LogP contribution >= 0.6 is 36.6 Å². The number of carbonyl (C=O) groups is 1. The molecule has 2 aliphatic heterocycles. The fourth-order valence-electron chi connectivity index (χ4n) is 2.60. The van der Waals surface area contributed by atoms with Gasteiger partial charge in [-0.05, 0) is 31.8 Å². The molecular formula is C13H27Cl2N3OS. The molecule has 0 aromatic heterocycles. The molecule has 0 radical (unpaired) electrons. The molecule has 2 N–H and O–H groups in total. The SMILES string of the molecule is Cl.Cl.O=C(CC1CCNCC1)NCCN1CCSCC1. The van der Waals surface area contributed by atoms with Crippen molar-refractivity contribution in [3.05, 3.63) is 0 Å². The molecule has 2 saturated heterocycles. The molecule has 2 aliphatic rings. The number of nitrogens with zero attached hydrogens (tertiary/aromatic N) is 1. The summed E-state index contributed by atoms with van der Waals surface area (Å²) in [7, 11) is 0. The first-order valence-corrected chi connectivity index (χ1v) is 8.27. The second kappa shape index (κ2) is 11.9. The third-order valence-corrected chi connectivity index (χ3v) is 4.73. The van der Waals surface area contributed by atoms with Gasteiger partial charge in [0, 0.05) is 44.1 Å². The van der Waals surface area contributed by atoms with E-state index < -0.39 is 0 Å². The molecule has 0 bridgehead atoms. The lowest BCUT2D eigenvalue weighted by atomic mass is 9.94. The lowest BCUT2D eigenvalue weighted by Crippen LogP contribution is -2.40. The van der Waals surface area contributed by atoms with Crippen molar-refractivity contribution in [3.8, 4) is 0 Å². The standard InChI is InChI=1S/C13H25N3OS.2ClH/c17-13(11-12-1-3-14-4-2-12)15-5-6-16-7-9-18-10-8-16;;/h12,14H,1-11H2,(H,15,17);2*1H. The quantitative estimate of drug-likeness (QED) is 0.791. The van der Waals surface area contributed by atoms with Gasteiger partial charge in [-0.3, -0.25) is 9.69 Å². The molecule has 2 fully saturated rings. The number of hydrogen-bond acceptors (Lipinski definition) is 4. The fourth-order valence-corrected chi connectivity index (χ4v) is 3.58. The van der Waals surface area contributed by atoms with Crippen molar-refractivity contribution in [2.45, 2.75) is 19.3 Å². The zero-order valence-corrected chi connectivity index (χ0v) is 14.4. The summed E-state index contributed by atoms with van der Waals surface area (Å²) < 4.78 is 0. The van der Waals surface area contributed by atoms with Gasteiger partial charge in [0.25, 0.3) is 0 Å². The van der Waals surface area contributed by atoms with Crippen LogP contribution in [0.3, 0.4) is 0 Å². The van der Waals surface area contributed by atoms with E-state index >= 15 is 0 Å². The summed E-state index contributed by atoms with van der Waals surface area (Å²) in [5, 5.41) is 6.40. The minimum atomic E-state index is 0. The predicted molar refractivity (Wildman–Crippen MR) is 91.5 cm³/mol. The summed E-state index contributed by atoms with van der Waals surface area (Å²) >= 11 is 2.03. The summed E-state index contributed by atoms with van der Waals surface area (Å²) in [5.74, 6) is 3.32.